The van der Waals surface area contributed by atoms with Crippen LogP contribution in [0.4, 0.5) is 5.69 Å². The van der Waals surface area contributed by atoms with Crippen LogP contribution >= 0.6 is 0 Å². The van der Waals surface area contributed by atoms with E-state index < -0.39 is 0 Å². The summed E-state index contributed by atoms with van der Waals surface area (Å²) in [6.07, 6.45) is 1.66. The van der Waals surface area contributed by atoms with E-state index in [0.29, 0.717) is 26.3 Å². The molecule has 1 aliphatic rings. The molecule has 1 aromatic heterocycles. The van der Waals surface area contributed by atoms with Crippen molar-refractivity contribution in [3.63, 3.8) is 0 Å². The van der Waals surface area contributed by atoms with Crippen molar-refractivity contribution < 1.29 is 9.53 Å². The van der Waals surface area contributed by atoms with Gasteiger partial charge in [0.05, 0.1) is 30.6 Å². The summed E-state index contributed by atoms with van der Waals surface area (Å²) in [7, 11) is 0. The number of carbonyl (C=O) groups is 1. The number of carbonyl (C=O) groups excluding carboxylic acids is 1. The maximum atomic E-state index is 12.4. The van der Waals surface area contributed by atoms with Crippen molar-refractivity contribution in [2.45, 2.75) is 13.0 Å². The minimum atomic E-state index is -0.310. The van der Waals surface area contributed by atoms with Crippen molar-refractivity contribution >= 4 is 22.5 Å². The molecule has 0 spiro atoms. The van der Waals surface area contributed by atoms with Gasteiger partial charge in [0.2, 0.25) is 5.91 Å². The van der Waals surface area contributed by atoms with Gasteiger partial charge in [0, 0.05) is 18.5 Å². The summed E-state index contributed by atoms with van der Waals surface area (Å²) < 4.78 is 5.27. The number of morpholine rings is 1. The van der Waals surface area contributed by atoms with Crippen LogP contribution in [0.1, 0.15) is 6.92 Å². The first-order valence-electron chi connectivity index (χ1n) is 7.09. The molecule has 1 aliphatic heterocycles. The zero-order chi connectivity index (χ0) is 14.7. The quantitative estimate of drug-likeness (QED) is 0.921. The molecule has 0 radical (unpaired) electrons. The molecule has 21 heavy (non-hydrogen) atoms. The monoisotopic (exact) mass is 286 g/mol. The molecule has 1 atom stereocenters. The molecule has 2 heterocycles. The van der Waals surface area contributed by atoms with Crippen molar-refractivity contribution in [2.75, 3.05) is 31.6 Å². The zero-order valence-corrected chi connectivity index (χ0v) is 12.0. The molecule has 2 aromatic rings. The number of ether oxygens (including phenoxy) is 1. The molecule has 1 amide bonds. The van der Waals surface area contributed by atoms with Gasteiger partial charge >= 0.3 is 0 Å². The summed E-state index contributed by atoms with van der Waals surface area (Å²) in [6.45, 7) is 4.39. The molecule has 0 saturated carbocycles. The number of anilines is 1. The summed E-state index contributed by atoms with van der Waals surface area (Å²) in [6, 6.07) is 7.43. The molecule has 3 rings (SSSR count). The van der Waals surface area contributed by atoms with Crippen molar-refractivity contribution in [3.8, 4) is 0 Å². The van der Waals surface area contributed by atoms with Gasteiger partial charge in [-0.2, -0.15) is 10.2 Å². The van der Waals surface area contributed by atoms with Crippen LogP contribution in [0.2, 0.25) is 0 Å². The Balaban J connectivity index is 1.76. The molecule has 0 aliphatic carbocycles. The van der Waals surface area contributed by atoms with E-state index in [-0.39, 0.29) is 11.9 Å². The number of fused-ring (bicyclic) bond motifs is 1. The van der Waals surface area contributed by atoms with E-state index in [4.69, 9.17) is 4.74 Å². The van der Waals surface area contributed by atoms with Gasteiger partial charge in [-0.1, -0.05) is 18.2 Å². The highest BCUT2D eigenvalue weighted by Gasteiger charge is 2.22. The fraction of sp³-hybridized carbons (Fsp3) is 0.400. The summed E-state index contributed by atoms with van der Waals surface area (Å²) in [5, 5.41) is 12.3. The van der Waals surface area contributed by atoms with Crippen LogP contribution in [0.5, 0.6) is 0 Å². The number of nitrogens with one attached hydrogen (secondary N) is 1. The molecule has 1 aromatic carbocycles. The smallest absolute Gasteiger partial charge is 0.244 e. The Morgan fingerprint density at radius 3 is 2.90 bits per heavy atom. The van der Waals surface area contributed by atoms with Crippen LogP contribution in [0.25, 0.3) is 10.9 Å². The number of rotatable bonds is 3. The van der Waals surface area contributed by atoms with Gasteiger partial charge in [-0.05, 0) is 13.0 Å². The Bertz CT molecular complexity index is 635. The molecular weight excluding hydrogens is 268 g/mol. The highest BCUT2D eigenvalue weighted by atomic mass is 16.5. The number of nitrogens with zero attached hydrogens (tertiary/aromatic N) is 3. The molecule has 0 bridgehead atoms. The predicted octanol–water partition coefficient (Wildman–Crippen LogP) is 1.29. The Labute approximate surface area is 123 Å². The summed E-state index contributed by atoms with van der Waals surface area (Å²) in [4.78, 5) is 14.2. The molecule has 6 heteroatoms. The van der Waals surface area contributed by atoms with Gasteiger partial charge in [0.1, 0.15) is 6.04 Å². The van der Waals surface area contributed by atoms with Crippen molar-refractivity contribution in [2.24, 2.45) is 0 Å². The maximum Gasteiger partial charge on any atom is 0.244 e. The van der Waals surface area contributed by atoms with Gasteiger partial charge < -0.3 is 15.0 Å². The highest BCUT2D eigenvalue weighted by molar-refractivity contribution is 5.93. The van der Waals surface area contributed by atoms with Crippen molar-refractivity contribution in [1.29, 1.82) is 0 Å². The third-order valence-electron chi connectivity index (χ3n) is 3.61. The highest BCUT2D eigenvalue weighted by Crippen LogP contribution is 2.20. The topological polar surface area (TPSA) is 67.4 Å². The van der Waals surface area contributed by atoms with Crippen LogP contribution in [0.3, 0.4) is 0 Å². The lowest BCUT2D eigenvalue weighted by atomic mass is 10.2. The Hall–Kier alpha value is -2.21. The lowest BCUT2D eigenvalue weighted by Gasteiger charge is -2.29. The Morgan fingerprint density at radius 2 is 2.10 bits per heavy atom. The van der Waals surface area contributed by atoms with Crippen LogP contribution in [-0.4, -0.2) is 53.3 Å². The number of hydrogen-bond donors (Lipinski definition) is 1. The van der Waals surface area contributed by atoms with Gasteiger partial charge in [0.25, 0.3) is 0 Å². The molecular formula is C15H18N4O2. The normalized spacial score (nSPS) is 16.7. The second kappa shape index (κ2) is 6.05. The first kappa shape index (κ1) is 13.8. The van der Waals surface area contributed by atoms with Gasteiger partial charge in [-0.15, -0.1) is 0 Å². The molecule has 1 fully saturated rings. The largest absolute Gasteiger partial charge is 0.378 e. The number of amides is 1. The summed E-state index contributed by atoms with van der Waals surface area (Å²) >= 11 is 0. The van der Waals surface area contributed by atoms with E-state index in [9.17, 15) is 4.79 Å². The van der Waals surface area contributed by atoms with Crippen molar-refractivity contribution in [3.05, 3.63) is 30.5 Å². The molecule has 6 nitrogen and oxygen atoms in total. The van der Waals surface area contributed by atoms with Crippen LogP contribution < -0.4 is 5.32 Å². The number of hydrogen-bond acceptors (Lipinski definition) is 5. The van der Waals surface area contributed by atoms with Crippen LogP contribution in [0, 0.1) is 0 Å². The average molecular weight is 286 g/mol. The molecule has 1 N–H and O–H groups in total. The second-order valence-corrected chi connectivity index (χ2v) is 5.08. The standard InChI is InChI=1S/C15H18N4O2/c1-11(15(20)19-6-8-21-9-7-19)17-14-10-16-18-13-5-3-2-4-12(13)14/h2-5,10-11H,6-9H2,1H3,(H,17,18). The molecule has 1 saturated heterocycles. The van der Waals surface area contributed by atoms with Gasteiger partial charge in [-0.25, -0.2) is 0 Å². The fourth-order valence-electron chi connectivity index (χ4n) is 2.47. The third-order valence-corrected chi connectivity index (χ3v) is 3.61. The fourth-order valence-corrected chi connectivity index (χ4v) is 2.47. The lowest BCUT2D eigenvalue weighted by Crippen LogP contribution is -2.47. The average Bonchev–Trinajstić information content (AvgIpc) is 2.55. The first-order valence-corrected chi connectivity index (χ1v) is 7.09. The van der Waals surface area contributed by atoms with E-state index in [0.717, 1.165) is 16.6 Å². The van der Waals surface area contributed by atoms with Gasteiger partial charge in [0.15, 0.2) is 0 Å². The van der Waals surface area contributed by atoms with Gasteiger partial charge in [-0.3, -0.25) is 4.79 Å². The molecule has 1 unspecified atom stereocenters. The number of benzene rings is 1. The maximum absolute atomic E-state index is 12.4. The van der Waals surface area contributed by atoms with E-state index >= 15 is 0 Å². The summed E-state index contributed by atoms with van der Waals surface area (Å²) in [5.41, 5.74) is 1.64. The second-order valence-electron chi connectivity index (χ2n) is 5.08. The van der Waals surface area contributed by atoms with Crippen LogP contribution in [0.15, 0.2) is 30.5 Å². The van der Waals surface area contributed by atoms with Crippen molar-refractivity contribution in [1.82, 2.24) is 15.1 Å². The lowest BCUT2D eigenvalue weighted by molar-refractivity contribution is -0.135. The minimum absolute atomic E-state index is 0.0826. The summed E-state index contributed by atoms with van der Waals surface area (Å²) in [5.74, 6) is 0.0826. The third kappa shape index (κ3) is 2.95. The Morgan fingerprint density at radius 1 is 1.33 bits per heavy atom. The van der Waals surface area contributed by atoms with E-state index in [1.807, 2.05) is 36.1 Å². The van der Waals surface area contributed by atoms with E-state index in [2.05, 4.69) is 15.5 Å². The van der Waals surface area contributed by atoms with Crippen LogP contribution in [-0.2, 0) is 9.53 Å². The van der Waals surface area contributed by atoms with E-state index in [1.54, 1.807) is 6.20 Å². The SMILES string of the molecule is CC(Nc1cnnc2ccccc12)C(=O)N1CCOCC1. The number of aromatic nitrogens is 2. The first-order chi connectivity index (χ1) is 10.3. The predicted molar refractivity (Wildman–Crippen MR) is 80.0 cm³/mol. The minimum Gasteiger partial charge on any atom is -0.378 e. The van der Waals surface area contributed by atoms with E-state index in [1.165, 1.54) is 0 Å². The molecule has 110 valence electrons. The zero-order valence-electron chi connectivity index (χ0n) is 12.0. The Kier molecular flexibility index (Phi) is 3.96.